The Hall–Kier alpha value is -0.160. The lowest BCUT2D eigenvalue weighted by Gasteiger charge is -2.13. The smallest absolute Gasteiger partial charge is 0.0930 e. The Kier molecular flexibility index (Phi) is 6.84. The van der Waals surface area contributed by atoms with E-state index in [0.717, 1.165) is 0 Å². The molecule has 0 aliphatic rings. The zero-order valence-corrected chi connectivity index (χ0v) is 6.21. The van der Waals surface area contributed by atoms with E-state index in [1.165, 1.54) is 0 Å². The van der Waals surface area contributed by atoms with Crippen LogP contribution >= 0.6 is 0 Å². The molecule has 0 radical (unpaired) electrons. The topological polar surface area (TPSA) is 61.7 Å². The summed E-state index contributed by atoms with van der Waals surface area (Å²) < 4.78 is 5.02. The molecule has 0 rings (SSSR count). The van der Waals surface area contributed by atoms with Gasteiger partial charge in [0, 0.05) is 6.54 Å². The van der Waals surface area contributed by atoms with Gasteiger partial charge in [0.05, 0.1) is 25.9 Å². The van der Waals surface area contributed by atoms with Gasteiger partial charge in [-0.05, 0) is 7.05 Å². The predicted octanol–water partition coefficient (Wildman–Crippen LogP) is -1.42. The number of nitrogens with one attached hydrogen (secondary N) is 1. The second-order valence-electron chi connectivity index (χ2n) is 1.96. The summed E-state index contributed by atoms with van der Waals surface area (Å²) in [4.78, 5) is 0. The molecule has 0 aliphatic carbocycles. The summed E-state index contributed by atoms with van der Waals surface area (Å²) in [5.74, 6) is 0. The van der Waals surface area contributed by atoms with E-state index in [2.05, 4.69) is 5.32 Å². The Labute approximate surface area is 60.8 Å². The summed E-state index contributed by atoms with van der Waals surface area (Å²) in [6.45, 7) is 0.879. The highest BCUT2D eigenvalue weighted by Crippen LogP contribution is 1.87. The highest BCUT2D eigenvalue weighted by molar-refractivity contribution is 4.56. The summed E-state index contributed by atoms with van der Waals surface area (Å²) in [6.07, 6.45) is -0.197. The maximum absolute atomic E-state index is 8.64. The van der Waals surface area contributed by atoms with Gasteiger partial charge in [-0.1, -0.05) is 0 Å². The molecule has 0 saturated carbocycles. The van der Waals surface area contributed by atoms with Crippen molar-refractivity contribution in [3.8, 4) is 0 Å². The number of aliphatic hydroxyl groups is 2. The maximum Gasteiger partial charge on any atom is 0.0930 e. The standard InChI is InChI=1S/C6H15NO3/c1-7-4-6(5-9)10-3-2-8/h6-9H,2-5H2,1H3. The van der Waals surface area contributed by atoms with Crippen LogP contribution in [0.1, 0.15) is 0 Å². The molecular weight excluding hydrogens is 134 g/mol. The number of rotatable bonds is 6. The minimum absolute atomic E-state index is 0.000213. The number of aliphatic hydroxyl groups excluding tert-OH is 2. The highest BCUT2D eigenvalue weighted by Gasteiger charge is 2.03. The molecule has 4 heteroatoms. The monoisotopic (exact) mass is 149 g/mol. The van der Waals surface area contributed by atoms with E-state index in [1.807, 2.05) is 0 Å². The summed E-state index contributed by atoms with van der Waals surface area (Å²) in [5.41, 5.74) is 0. The lowest BCUT2D eigenvalue weighted by molar-refractivity contribution is -0.00148. The zero-order chi connectivity index (χ0) is 7.82. The normalized spacial score (nSPS) is 13.5. The Morgan fingerprint density at radius 2 is 2.20 bits per heavy atom. The molecule has 0 saturated heterocycles. The highest BCUT2D eigenvalue weighted by atomic mass is 16.5. The Balaban J connectivity index is 3.21. The van der Waals surface area contributed by atoms with Crippen molar-refractivity contribution in [2.45, 2.75) is 6.10 Å². The minimum Gasteiger partial charge on any atom is -0.394 e. The van der Waals surface area contributed by atoms with E-state index in [4.69, 9.17) is 14.9 Å². The number of hydrogen-bond acceptors (Lipinski definition) is 4. The fourth-order valence-corrected chi connectivity index (χ4v) is 0.623. The summed E-state index contributed by atoms with van der Waals surface area (Å²) in [6, 6.07) is 0. The number of hydrogen-bond donors (Lipinski definition) is 3. The van der Waals surface area contributed by atoms with Gasteiger partial charge in [-0.15, -0.1) is 0 Å². The second kappa shape index (κ2) is 6.95. The van der Waals surface area contributed by atoms with Crippen LogP contribution in [0.15, 0.2) is 0 Å². The minimum atomic E-state index is -0.197. The Bertz CT molecular complexity index is 70.0. The number of likely N-dealkylation sites (N-methyl/N-ethyl adjacent to an activating group) is 1. The van der Waals surface area contributed by atoms with Crippen LogP contribution in [0.25, 0.3) is 0 Å². The van der Waals surface area contributed by atoms with Gasteiger partial charge in [-0.2, -0.15) is 0 Å². The summed E-state index contributed by atoms with van der Waals surface area (Å²) in [5, 5.41) is 19.8. The quantitative estimate of drug-likeness (QED) is 0.433. The second-order valence-corrected chi connectivity index (χ2v) is 1.96. The van der Waals surface area contributed by atoms with Gasteiger partial charge >= 0.3 is 0 Å². The molecule has 0 aliphatic heterocycles. The van der Waals surface area contributed by atoms with Gasteiger partial charge in [0.2, 0.25) is 0 Å². The fraction of sp³-hybridized carbons (Fsp3) is 1.00. The zero-order valence-electron chi connectivity index (χ0n) is 6.21. The largest absolute Gasteiger partial charge is 0.394 e. The van der Waals surface area contributed by atoms with Crippen LogP contribution in [0.4, 0.5) is 0 Å². The lowest BCUT2D eigenvalue weighted by atomic mass is 10.4. The van der Waals surface area contributed by atoms with Gasteiger partial charge in [0.1, 0.15) is 0 Å². The van der Waals surface area contributed by atoms with Gasteiger partial charge in [0.25, 0.3) is 0 Å². The molecule has 3 N–H and O–H groups in total. The van der Waals surface area contributed by atoms with Gasteiger partial charge in [-0.3, -0.25) is 0 Å². The van der Waals surface area contributed by atoms with Crippen LogP contribution in [0, 0.1) is 0 Å². The molecule has 0 aromatic heterocycles. The molecular formula is C6H15NO3. The van der Waals surface area contributed by atoms with E-state index >= 15 is 0 Å². The molecule has 4 nitrogen and oxygen atoms in total. The first-order valence-electron chi connectivity index (χ1n) is 3.33. The molecule has 0 spiro atoms. The van der Waals surface area contributed by atoms with Crippen molar-refractivity contribution in [1.82, 2.24) is 5.32 Å². The lowest BCUT2D eigenvalue weighted by Crippen LogP contribution is -2.30. The molecule has 62 valence electrons. The first-order valence-corrected chi connectivity index (χ1v) is 3.33. The van der Waals surface area contributed by atoms with E-state index in [1.54, 1.807) is 7.05 Å². The van der Waals surface area contributed by atoms with Crippen LogP contribution in [0.5, 0.6) is 0 Å². The fourth-order valence-electron chi connectivity index (χ4n) is 0.623. The molecule has 0 bridgehead atoms. The van der Waals surface area contributed by atoms with E-state index in [-0.39, 0.29) is 25.9 Å². The molecule has 1 unspecified atom stereocenters. The molecule has 0 aromatic carbocycles. The third kappa shape index (κ3) is 4.69. The van der Waals surface area contributed by atoms with Crippen LogP contribution in [0.3, 0.4) is 0 Å². The Morgan fingerprint density at radius 1 is 1.50 bits per heavy atom. The summed E-state index contributed by atoms with van der Waals surface area (Å²) in [7, 11) is 1.78. The first kappa shape index (κ1) is 9.84. The molecule has 0 amide bonds. The maximum atomic E-state index is 8.64. The van der Waals surface area contributed by atoms with Crippen molar-refractivity contribution in [1.29, 1.82) is 0 Å². The van der Waals surface area contributed by atoms with Crippen LogP contribution in [-0.4, -0.2) is 49.7 Å². The third-order valence-corrected chi connectivity index (χ3v) is 1.08. The third-order valence-electron chi connectivity index (χ3n) is 1.08. The van der Waals surface area contributed by atoms with Crippen molar-refractivity contribution >= 4 is 0 Å². The van der Waals surface area contributed by atoms with Crippen LogP contribution < -0.4 is 5.32 Å². The summed E-state index contributed by atoms with van der Waals surface area (Å²) >= 11 is 0. The van der Waals surface area contributed by atoms with Crippen LogP contribution in [0.2, 0.25) is 0 Å². The van der Waals surface area contributed by atoms with Crippen molar-refractivity contribution < 1.29 is 14.9 Å². The van der Waals surface area contributed by atoms with Gasteiger partial charge < -0.3 is 20.3 Å². The van der Waals surface area contributed by atoms with Gasteiger partial charge in [0.15, 0.2) is 0 Å². The average Bonchev–Trinajstić information content (AvgIpc) is 1.98. The van der Waals surface area contributed by atoms with E-state index in [0.29, 0.717) is 6.54 Å². The molecule has 0 heterocycles. The van der Waals surface area contributed by atoms with Crippen molar-refractivity contribution in [2.24, 2.45) is 0 Å². The van der Waals surface area contributed by atoms with Crippen molar-refractivity contribution in [3.63, 3.8) is 0 Å². The van der Waals surface area contributed by atoms with Crippen molar-refractivity contribution in [2.75, 3.05) is 33.4 Å². The van der Waals surface area contributed by atoms with E-state index in [9.17, 15) is 0 Å². The molecule has 1 atom stereocenters. The molecule has 10 heavy (non-hydrogen) atoms. The number of ether oxygens (including phenoxy) is 1. The van der Waals surface area contributed by atoms with Crippen LogP contribution in [-0.2, 0) is 4.74 Å². The average molecular weight is 149 g/mol. The Morgan fingerprint density at radius 3 is 2.60 bits per heavy atom. The molecule has 0 fully saturated rings. The first-order chi connectivity index (χ1) is 4.85. The SMILES string of the molecule is CNCC(CO)OCCO. The van der Waals surface area contributed by atoms with Gasteiger partial charge in [-0.25, -0.2) is 0 Å². The van der Waals surface area contributed by atoms with Crippen molar-refractivity contribution in [3.05, 3.63) is 0 Å². The van der Waals surface area contributed by atoms with E-state index < -0.39 is 0 Å². The predicted molar refractivity (Wildman–Crippen MR) is 37.8 cm³/mol. The molecule has 0 aromatic rings.